The van der Waals surface area contributed by atoms with Gasteiger partial charge in [0.15, 0.2) is 5.78 Å². The smallest absolute Gasteiger partial charge is 0.310 e. The maximum Gasteiger partial charge on any atom is 0.310 e. The number of fused-ring (bicyclic) bond motifs is 7. The van der Waals surface area contributed by atoms with E-state index in [2.05, 4.69) is 60.6 Å². The first-order chi connectivity index (χ1) is 15.2. The van der Waals surface area contributed by atoms with Gasteiger partial charge in [0.2, 0.25) is 0 Å². The number of rotatable bonds is 1. The fraction of sp³-hybridized carbons (Fsp3) is 0.800. The lowest BCUT2D eigenvalue weighted by molar-refractivity contribution is -0.183. The van der Waals surface area contributed by atoms with Crippen molar-refractivity contribution in [2.45, 2.75) is 93.4 Å². The third kappa shape index (κ3) is 2.69. The van der Waals surface area contributed by atoms with E-state index in [4.69, 9.17) is 0 Å². The zero-order chi connectivity index (χ0) is 24.2. The second-order valence-corrected chi connectivity index (χ2v) is 14.0. The zero-order valence-corrected chi connectivity index (χ0v) is 21.8. The van der Waals surface area contributed by atoms with E-state index in [1.165, 1.54) is 5.57 Å². The Hall–Kier alpha value is -1.38. The lowest BCUT2D eigenvalue weighted by Crippen LogP contribution is -2.66. The van der Waals surface area contributed by atoms with Gasteiger partial charge >= 0.3 is 5.97 Å². The Balaban J connectivity index is 1.68. The first kappa shape index (κ1) is 23.4. The maximum atomic E-state index is 14.2. The number of carboxylic acid groups (broad SMARTS) is 1. The molecule has 0 aromatic carbocycles. The zero-order valence-electron chi connectivity index (χ0n) is 21.8. The average molecular weight is 453 g/mol. The number of hydrogen-bond acceptors (Lipinski definition) is 2. The summed E-state index contributed by atoms with van der Waals surface area (Å²) < 4.78 is 0. The molecular formula is C30H44O3. The highest BCUT2D eigenvalue weighted by Gasteiger charge is 2.70. The summed E-state index contributed by atoms with van der Waals surface area (Å²) >= 11 is 0. The van der Waals surface area contributed by atoms with Gasteiger partial charge < -0.3 is 5.11 Å². The predicted molar refractivity (Wildman–Crippen MR) is 132 cm³/mol. The third-order valence-corrected chi connectivity index (χ3v) is 12.4. The number of hydrogen-bond donors (Lipinski definition) is 1. The van der Waals surface area contributed by atoms with Crippen molar-refractivity contribution in [1.29, 1.82) is 0 Å². The van der Waals surface area contributed by atoms with Crippen LogP contribution in [0.15, 0.2) is 23.8 Å². The molecule has 0 saturated heterocycles. The van der Waals surface area contributed by atoms with Gasteiger partial charge in [-0.15, -0.1) is 0 Å². The van der Waals surface area contributed by atoms with E-state index in [1.807, 2.05) is 6.08 Å². The van der Waals surface area contributed by atoms with E-state index in [9.17, 15) is 14.7 Å². The molecule has 0 amide bonds. The Morgan fingerprint density at radius 1 is 1.00 bits per heavy atom. The number of allylic oxidation sites excluding steroid dienone is 4. The van der Waals surface area contributed by atoms with Crippen LogP contribution in [-0.4, -0.2) is 16.9 Å². The molecule has 5 aliphatic rings. The van der Waals surface area contributed by atoms with Gasteiger partial charge in [0.05, 0.1) is 5.41 Å². The van der Waals surface area contributed by atoms with Gasteiger partial charge in [-0.1, -0.05) is 66.2 Å². The number of carboxylic acids is 1. The van der Waals surface area contributed by atoms with Gasteiger partial charge in [0.1, 0.15) is 0 Å². The molecule has 0 bridgehead atoms. The van der Waals surface area contributed by atoms with Gasteiger partial charge in [-0.3, -0.25) is 9.59 Å². The van der Waals surface area contributed by atoms with E-state index in [1.54, 1.807) is 0 Å². The Morgan fingerprint density at radius 2 is 1.70 bits per heavy atom. The van der Waals surface area contributed by atoms with Crippen LogP contribution in [0, 0.1) is 56.7 Å². The van der Waals surface area contributed by atoms with Gasteiger partial charge in [-0.05, 0) is 96.4 Å². The van der Waals surface area contributed by atoms with Crippen molar-refractivity contribution in [1.82, 2.24) is 0 Å². The third-order valence-electron chi connectivity index (χ3n) is 12.4. The summed E-state index contributed by atoms with van der Waals surface area (Å²) in [6.07, 6.45) is 13.3. The van der Waals surface area contributed by atoms with Crippen LogP contribution in [0.5, 0.6) is 0 Å². The molecule has 0 spiro atoms. The molecule has 9 atom stereocenters. The monoisotopic (exact) mass is 452 g/mol. The Bertz CT molecular complexity index is 958. The van der Waals surface area contributed by atoms with Crippen molar-refractivity contribution in [3.63, 3.8) is 0 Å². The molecular weight excluding hydrogens is 408 g/mol. The number of carbonyl (C=O) groups is 2. The predicted octanol–water partition coefficient (Wildman–Crippen LogP) is 7.07. The first-order valence-electron chi connectivity index (χ1n) is 13.4. The van der Waals surface area contributed by atoms with Crippen LogP contribution in [0.4, 0.5) is 0 Å². The normalized spacial score (nSPS) is 52.6. The minimum atomic E-state index is -0.697. The van der Waals surface area contributed by atoms with Crippen molar-refractivity contribution in [2.75, 3.05) is 0 Å². The summed E-state index contributed by atoms with van der Waals surface area (Å²) in [7, 11) is 0. The van der Waals surface area contributed by atoms with Crippen LogP contribution in [0.3, 0.4) is 0 Å². The summed E-state index contributed by atoms with van der Waals surface area (Å²) in [6.45, 7) is 16.4. The molecule has 3 unspecified atom stereocenters. The lowest BCUT2D eigenvalue weighted by Gasteiger charge is -2.69. The highest BCUT2D eigenvalue weighted by atomic mass is 16.4. The lowest BCUT2D eigenvalue weighted by atomic mass is 9.33. The number of ketones is 1. The summed E-state index contributed by atoms with van der Waals surface area (Å²) in [5, 5.41) is 10.5. The average Bonchev–Trinajstić information content (AvgIpc) is 2.71. The highest BCUT2D eigenvalue weighted by molar-refractivity contribution is 5.96. The number of carbonyl (C=O) groups excluding carboxylic acids is 1. The van der Waals surface area contributed by atoms with Crippen LogP contribution in [0.2, 0.25) is 0 Å². The summed E-state index contributed by atoms with van der Waals surface area (Å²) in [4.78, 5) is 27.0. The van der Waals surface area contributed by atoms with Crippen LogP contribution in [-0.2, 0) is 9.59 Å². The van der Waals surface area contributed by atoms with E-state index in [0.717, 1.165) is 44.9 Å². The summed E-state index contributed by atoms with van der Waals surface area (Å²) in [5.74, 6) is 0.924. The van der Waals surface area contributed by atoms with Crippen LogP contribution in [0.1, 0.15) is 93.4 Å². The van der Waals surface area contributed by atoms with Gasteiger partial charge in [-0.2, -0.15) is 0 Å². The van der Waals surface area contributed by atoms with Crippen molar-refractivity contribution >= 4 is 11.8 Å². The second-order valence-electron chi connectivity index (χ2n) is 14.0. The fourth-order valence-electron chi connectivity index (χ4n) is 10.3. The SMILES string of the molecule is C[C@@H]1CC[C@]2(C(=O)O)CC[C@]3(C)C(=CC(=O)C4[C@@]5(C)CC=CC(C)(C)C5CC[C@]43C)C2[C@H]1C. The molecule has 5 rings (SSSR count). The van der Waals surface area contributed by atoms with Crippen molar-refractivity contribution in [2.24, 2.45) is 56.7 Å². The van der Waals surface area contributed by atoms with Gasteiger partial charge in [-0.25, -0.2) is 0 Å². The van der Waals surface area contributed by atoms with E-state index in [0.29, 0.717) is 11.8 Å². The molecule has 5 aliphatic carbocycles. The molecule has 0 aromatic heterocycles. The molecule has 0 aliphatic heterocycles. The molecule has 3 fully saturated rings. The minimum absolute atomic E-state index is 0.00960. The highest BCUT2D eigenvalue weighted by Crippen LogP contribution is 2.74. The van der Waals surface area contributed by atoms with Crippen molar-refractivity contribution in [3.05, 3.63) is 23.8 Å². The topological polar surface area (TPSA) is 54.4 Å². The molecule has 0 radical (unpaired) electrons. The standard InChI is InChI=1S/C30H44O3/c1-18-9-14-30(25(32)33)16-15-28(6)20(23(30)19(18)2)17-21(31)24-27(5)12-8-11-26(3,4)22(27)10-13-29(24,28)7/h8,11,17-19,22-24H,9-10,12-16H2,1-7H3,(H,32,33)/t18-,19+,22?,23?,24?,27+,28-,29-,30+/m1/s1. The first-order valence-corrected chi connectivity index (χ1v) is 13.4. The molecule has 3 heteroatoms. The number of aliphatic carboxylic acids is 1. The van der Waals surface area contributed by atoms with Crippen LogP contribution >= 0.6 is 0 Å². The molecule has 0 heterocycles. The quantitative estimate of drug-likeness (QED) is 0.433. The summed E-state index contributed by atoms with van der Waals surface area (Å²) in [6, 6.07) is 0. The molecule has 182 valence electrons. The van der Waals surface area contributed by atoms with E-state index < -0.39 is 11.4 Å². The largest absolute Gasteiger partial charge is 0.481 e. The molecule has 1 N–H and O–H groups in total. The van der Waals surface area contributed by atoms with Crippen molar-refractivity contribution < 1.29 is 14.7 Å². The Morgan fingerprint density at radius 3 is 2.36 bits per heavy atom. The van der Waals surface area contributed by atoms with Gasteiger partial charge in [0, 0.05) is 5.92 Å². The Kier molecular flexibility index (Phi) is 4.85. The summed E-state index contributed by atoms with van der Waals surface area (Å²) in [5.41, 5.74) is 0.340. The second kappa shape index (κ2) is 6.85. The van der Waals surface area contributed by atoms with Crippen LogP contribution < -0.4 is 0 Å². The fourth-order valence-corrected chi connectivity index (χ4v) is 10.3. The van der Waals surface area contributed by atoms with E-state index >= 15 is 0 Å². The van der Waals surface area contributed by atoms with Crippen molar-refractivity contribution in [3.8, 4) is 0 Å². The molecule has 3 nitrogen and oxygen atoms in total. The molecule has 33 heavy (non-hydrogen) atoms. The molecule has 0 aromatic rings. The van der Waals surface area contributed by atoms with Crippen LogP contribution in [0.25, 0.3) is 0 Å². The molecule has 3 saturated carbocycles. The Labute approximate surface area is 200 Å². The minimum Gasteiger partial charge on any atom is -0.481 e. The maximum absolute atomic E-state index is 14.2. The van der Waals surface area contributed by atoms with Gasteiger partial charge in [0.25, 0.3) is 0 Å². The van der Waals surface area contributed by atoms with E-state index in [-0.39, 0.29) is 45.2 Å².